The van der Waals surface area contributed by atoms with Crippen molar-refractivity contribution >= 4 is 11.7 Å². The number of aryl methyl sites for hydroxylation is 1. The van der Waals surface area contributed by atoms with Gasteiger partial charge in [0.15, 0.2) is 0 Å². The normalized spacial score (nSPS) is 10.6. The number of benzene rings is 1. The van der Waals surface area contributed by atoms with E-state index in [1.807, 2.05) is 13.8 Å². The molecule has 21 heavy (non-hydrogen) atoms. The minimum Gasteiger partial charge on any atom is -0.321 e. The van der Waals surface area contributed by atoms with Crippen LogP contribution in [0.15, 0.2) is 30.4 Å². The molecule has 0 saturated carbocycles. The Hall–Kier alpha value is -1.77. The lowest BCUT2D eigenvalue weighted by atomic mass is 9.96. The number of anilines is 1. The average Bonchev–Trinajstić information content (AvgIpc) is 2.44. The first-order chi connectivity index (χ1) is 9.90. The molecule has 0 aliphatic heterocycles. The Labute approximate surface area is 129 Å². The van der Waals surface area contributed by atoms with E-state index in [4.69, 9.17) is 0 Å². The molecule has 0 aliphatic rings. The van der Waals surface area contributed by atoms with E-state index in [2.05, 4.69) is 50.9 Å². The Bertz CT molecular complexity index is 506. The molecule has 0 saturated heterocycles. The third-order valence-corrected chi connectivity index (χ3v) is 3.55. The van der Waals surface area contributed by atoms with Crippen LogP contribution >= 0.6 is 0 Å². The van der Waals surface area contributed by atoms with Crippen LogP contribution in [0.25, 0.3) is 0 Å². The van der Waals surface area contributed by atoms with Crippen LogP contribution in [0, 0.1) is 0 Å². The van der Waals surface area contributed by atoms with Crippen molar-refractivity contribution < 1.29 is 4.79 Å². The van der Waals surface area contributed by atoms with Gasteiger partial charge < -0.3 is 10.2 Å². The molecule has 0 bridgehead atoms. The van der Waals surface area contributed by atoms with Crippen molar-refractivity contribution in [2.24, 2.45) is 0 Å². The molecule has 1 aromatic carbocycles. The second kappa shape index (κ2) is 7.87. The highest BCUT2D eigenvalue weighted by molar-refractivity contribution is 5.91. The maximum atomic E-state index is 12.5. The number of carbonyl (C=O) groups is 1. The van der Waals surface area contributed by atoms with Crippen molar-refractivity contribution in [3.63, 3.8) is 0 Å². The Morgan fingerprint density at radius 3 is 2.48 bits per heavy atom. The van der Waals surface area contributed by atoms with E-state index < -0.39 is 0 Å². The number of hydrogen-bond donors (Lipinski definition) is 1. The fourth-order valence-corrected chi connectivity index (χ4v) is 2.39. The minimum absolute atomic E-state index is 0.0525. The lowest BCUT2D eigenvalue weighted by Gasteiger charge is -2.24. The topological polar surface area (TPSA) is 32.3 Å². The van der Waals surface area contributed by atoms with Gasteiger partial charge in [-0.15, -0.1) is 0 Å². The summed E-state index contributed by atoms with van der Waals surface area (Å²) in [4.78, 5) is 14.3. The van der Waals surface area contributed by atoms with E-state index in [-0.39, 0.29) is 6.03 Å². The van der Waals surface area contributed by atoms with Crippen molar-refractivity contribution in [3.05, 3.63) is 41.5 Å². The van der Waals surface area contributed by atoms with E-state index >= 15 is 0 Å². The average molecular weight is 288 g/mol. The van der Waals surface area contributed by atoms with Crippen LogP contribution < -0.4 is 5.32 Å². The molecule has 3 nitrogen and oxygen atoms in total. The predicted molar refractivity (Wildman–Crippen MR) is 91.0 cm³/mol. The van der Waals surface area contributed by atoms with Crippen LogP contribution in [0.5, 0.6) is 0 Å². The molecule has 0 radical (unpaired) electrons. The molecular formula is C18H28N2O. The van der Waals surface area contributed by atoms with Crippen molar-refractivity contribution in [2.45, 2.75) is 47.0 Å². The summed E-state index contributed by atoms with van der Waals surface area (Å²) in [5.74, 6) is 0.378. The Balaban J connectivity index is 3.05. The van der Waals surface area contributed by atoms with Gasteiger partial charge in [-0.25, -0.2) is 4.79 Å². The van der Waals surface area contributed by atoms with Crippen LogP contribution in [0.3, 0.4) is 0 Å². The molecule has 0 aliphatic carbocycles. The number of likely N-dealkylation sites (N-methyl/N-ethyl adjacent to an activating group) is 1. The van der Waals surface area contributed by atoms with Gasteiger partial charge in [-0.1, -0.05) is 51.1 Å². The highest BCUT2D eigenvalue weighted by atomic mass is 16.2. The zero-order chi connectivity index (χ0) is 16.0. The van der Waals surface area contributed by atoms with Gasteiger partial charge in [0.25, 0.3) is 0 Å². The fourth-order valence-electron chi connectivity index (χ4n) is 2.39. The molecular weight excluding hydrogens is 260 g/mol. The Morgan fingerprint density at radius 1 is 1.33 bits per heavy atom. The number of carbonyl (C=O) groups excluding carboxylic acids is 1. The van der Waals surface area contributed by atoms with E-state index in [1.165, 1.54) is 11.1 Å². The van der Waals surface area contributed by atoms with Crippen molar-refractivity contribution in [3.8, 4) is 0 Å². The quantitative estimate of drug-likeness (QED) is 0.749. The lowest BCUT2D eigenvalue weighted by molar-refractivity contribution is 0.218. The summed E-state index contributed by atoms with van der Waals surface area (Å²) in [7, 11) is 0. The monoisotopic (exact) mass is 288 g/mol. The molecule has 0 fully saturated rings. The minimum atomic E-state index is -0.0525. The summed E-state index contributed by atoms with van der Waals surface area (Å²) in [5, 5.41) is 3.11. The summed E-state index contributed by atoms with van der Waals surface area (Å²) < 4.78 is 0. The summed E-state index contributed by atoms with van der Waals surface area (Å²) in [6.45, 7) is 15.5. The number of urea groups is 1. The Morgan fingerprint density at radius 2 is 2.00 bits per heavy atom. The zero-order valence-corrected chi connectivity index (χ0v) is 14.0. The van der Waals surface area contributed by atoms with Crippen LogP contribution in [0.1, 0.15) is 51.7 Å². The van der Waals surface area contributed by atoms with Gasteiger partial charge in [-0.2, -0.15) is 0 Å². The van der Waals surface area contributed by atoms with Crippen molar-refractivity contribution in [2.75, 3.05) is 18.4 Å². The van der Waals surface area contributed by atoms with E-state index in [1.54, 1.807) is 4.90 Å². The van der Waals surface area contributed by atoms with Crippen LogP contribution in [-0.2, 0) is 6.42 Å². The molecule has 1 rings (SSSR count). The van der Waals surface area contributed by atoms with Crippen LogP contribution in [0.2, 0.25) is 0 Å². The van der Waals surface area contributed by atoms with Crippen molar-refractivity contribution in [1.29, 1.82) is 0 Å². The summed E-state index contributed by atoms with van der Waals surface area (Å²) >= 11 is 0. The molecule has 1 aromatic rings. The number of nitrogens with zero attached hydrogens (tertiary/aromatic N) is 1. The van der Waals surface area contributed by atoms with Gasteiger partial charge in [0.05, 0.1) is 0 Å². The molecule has 0 spiro atoms. The highest BCUT2D eigenvalue weighted by Gasteiger charge is 2.16. The number of nitrogens with one attached hydrogen (secondary N) is 1. The van der Waals surface area contributed by atoms with Gasteiger partial charge in [0.1, 0.15) is 0 Å². The zero-order valence-electron chi connectivity index (χ0n) is 14.0. The van der Waals surface area contributed by atoms with E-state index in [0.717, 1.165) is 17.7 Å². The first-order valence-corrected chi connectivity index (χ1v) is 7.72. The maximum absolute atomic E-state index is 12.5. The van der Waals surface area contributed by atoms with Gasteiger partial charge in [0.2, 0.25) is 0 Å². The third-order valence-electron chi connectivity index (χ3n) is 3.55. The molecule has 2 amide bonds. The maximum Gasteiger partial charge on any atom is 0.322 e. The van der Waals surface area contributed by atoms with E-state index in [9.17, 15) is 4.79 Å². The summed E-state index contributed by atoms with van der Waals surface area (Å²) in [6.07, 6.45) is 0.906. The third kappa shape index (κ3) is 4.62. The number of rotatable bonds is 6. The van der Waals surface area contributed by atoms with Crippen LogP contribution in [-0.4, -0.2) is 24.0 Å². The van der Waals surface area contributed by atoms with Gasteiger partial charge in [-0.05, 0) is 37.3 Å². The number of hydrogen-bond acceptors (Lipinski definition) is 1. The second-order valence-electron chi connectivity index (χ2n) is 5.79. The molecule has 0 aromatic heterocycles. The van der Waals surface area contributed by atoms with Crippen molar-refractivity contribution in [1.82, 2.24) is 4.90 Å². The SMILES string of the molecule is C=C(C)CN(CC)C(=O)Nc1c(CC)cccc1C(C)C. The molecule has 0 heterocycles. The molecule has 116 valence electrons. The predicted octanol–water partition coefficient (Wildman–Crippen LogP) is 4.80. The first-order valence-electron chi connectivity index (χ1n) is 7.72. The summed E-state index contributed by atoms with van der Waals surface area (Å²) in [6, 6.07) is 6.18. The lowest BCUT2D eigenvalue weighted by Crippen LogP contribution is -2.36. The highest BCUT2D eigenvalue weighted by Crippen LogP contribution is 2.28. The molecule has 0 unspecified atom stereocenters. The first kappa shape index (κ1) is 17.3. The van der Waals surface area contributed by atoms with Gasteiger partial charge >= 0.3 is 6.03 Å². The fraction of sp³-hybridized carbons (Fsp3) is 0.500. The molecule has 0 atom stereocenters. The molecule has 1 N–H and O–H groups in total. The van der Waals surface area contributed by atoms with Gasteiger partial charge in [-0.3, -0.25) is 0 Å². The number of para-hydroxylation sites is 1. The molecule has 3 heteroatoms. The smallest absolute Gasteiger partial charge is 0.321 e. The Kier molecular flexibility index (Phi) is 6.47. The number of amides is 2. The largest absolute Gasteiger partial charge is 0.322 e. The van der Waals surface area contributed by atoms with Crippen LogP contribution in [0.4, 0.5) is 10.5 Å². The van der Waals surface area contributed by atoms with Gasteiger partial charge in [0, 0.05) is 18.8 Å². The summed E-state index contributed by atoms with van der Waals surface area (Å²) in [5.41, 5.74) is 4.33. The standard InChI is InChI=1S/C18H28N2O/c1-7-15-10-9-11-16(14(5)6)17(15)19-18(21)20(8-2)12-13(3)4/h9-11,14H,3,7-8,12H2,1-2,4-6H3,(H,19,21). The second-order valence-corrected chi connectivity index (χ2v) is 5.79. The van der Waals surface area contributed by atoms with E-state index in [0.29, 0.717) is 19.0 Å².